The Labute approximate surface area is 176 Å². The van der Waals surface area contributed by atoms with Crippen molar-refractivity contribution in [2.45, 2.75) is 27.7 Å². The molecule has 0 atom stereocenters. The van der Waals surface area contributed by atoms with E-state index in [0.29, 0.717) is 17.0 Å². The lowest BCUT2D eigenvalue weighted by Gasteiger charge is -2.17. The first-order valence-electron chi connectivity index (χ1n) is 9.96. The summed E-state index contributed by atoms with van der Waals surface area (Å²) in [5.41, 5.74) is 6.97. The third-order valence-electron chi connectivity index (χ3n) is 5.25. The van der Waals surface area contributed by atoms with E-state index in [0.717, 1.165) is 33.5 Å². The monoisotopic (exact) mass is 396 g/mol. The van der Waals surface area contributed by atoms with Gasteiger partial charge in [0.25, 0.3) is 11.8 Å². The number of aryl methyl sites for hydroxylation is 4. The van der Waals surface area contributed by atoms with Gasteiger partial charge in [0.15, 0.2) is 0 Å². The molecule has 0 fully saturated rings. The summed E-state index contributed by atoms with van der Waals surface area (Å²) in [6, 6.07) is 21.1. The Balaban J connectivity index is 1.84. The molecule has 0 saturated heterocycles. The van der Waals surface area contributed by atoms with Gasteiger partial charge in [-0.1, -0.05) is 54.1 Å². The molecule has 1 aliphatic heterocycles. The molecule has 30 heavy (non-hydrogen) atoms. The Morgan fingerprint density at radius 2 is 1.37 bits per heavy atom. The standard InChI is InChI=1S/C26H24N2O2/c1-16-10-11-22(19(4)13-16)27-24-23(20-8-6-5-7-9-20)25(29)28(26(24)30)21-14-17(2)12-18(3)15-21/h5-15,27H,1-4H3. The molecule has 0 radical (unpaired) electrons. The second kappa shape index (κ2) is 7.64. The molecule has 1 heterocycles. The molecule has 0 aliphatic carbocycles. The van der Waals surface area contributed by atoms with E-state index in [4.69, 9.17) is 0 Å². The van der Waals surface area contributed by atoms with Crippen LogP contribution in [0.3, 0.4) is 0 Å². The Bertz CT molecular complexity index is 1170. The van der Waals surface area contributed by atoms with Crippen LogP contribution in [0.25, 0.3) is 5.57 Å². The van der Waals surface area contributed by atoms with Crippen LogP contribution in [0.4, 0.5) is 11.4 Å². The van der Waals surface area contributed by atoms with Gasteiger partial charge in [-0.05, 0) is 68.1 Å². The molecule has 0 spiro atoms. The number of nitrogens with zero attached hydrogens (tertiary/aromatic N) is 1. The summed E-state index contributed by atoms with van der Waals surface area (Å²) in [5, 5.41) is 3.26. The number of rotatable bonds is 4. The van der Waals surface area contributed by atoms with Gasteiger partial charge in [-0.25, -0.2) is 4.90 Å². The SMILES string of the molecule is Cc1cc(C)cc(N2C(=O)C(Nc3ccc(C)cc3C)=C(c3ccccc3)C2=O)c1. The molecule has 3 aromatic carbocycles. The molecule has 0 saturated carbocycles. The van der Waals surface area contributed by atoms with E-state index >= 15 is 0 Å². The van der Waals surface area contributed by atoms with Gasteiger partial charge in [0, 0.05) is 5.69 Å². The fourth-order valence-electron chi connectivity index (χ4n) is 3.92. The van der Waals surface area contributed by atoms with Crippen LogP contribution >= 0.6 is 0 Å². The van der Waals surface area contributed by atoms with E-state index in [1.807, 2.05) is 94.4 Å². The Hall–Kier alpha value is -3.66. The Morgan fingerprint density at radius 1 is 0.700 bits per heavy atom. The summed E-state index contributed by atoms with van der Waals surface area (Å²) in [5.74, 6) is -0.660. The van der Waals surface area contributed by atoms with E-state index in [9.17, 15) is 9.59 Å². The van der Waals surface area contributed by atoms with Crippen molar-refractivity contribution in [3.63, 3.8) is 0 Å². The van der Waals surface area contributed by atoms with Crippen molar-refractivity contribution in [1.82, 2.24) is 0 Å². The minimum atomic E-state index is -0.344. The molecule has 1 aliphatic rings. The summed E-state index contributed by atoms with van der Waals surface area (Å²) in [6.45, 7) is 7.93. The van der Waals surface area contributed by atoms with Crippen molar-refractivity contribution in [2.24, 2.45) is 0 Å². The summed E-state index contributed by atoms with van der Waals surface area (Å²) in [4.78, 5) is 28.2. The molecular formula is C26H24N2O2. The fraction of sp³-hybridized carbons (Fsp3) is 0.154. The third kappa shape index (κ3) is 3.52. The largest absolute Gasteiger partial charge is 0.350 e. The number of carbonyl (C=O) groups excluding carboxylic acids is 2. The number of anilines is 2. The highest BCUT2D eigenvalue weighted by Crippen LogP contribution is 2.35. The summed E-state index contributed by atoms with van der Waals surface area (Å²) in [7, 11) is 0. The number of benzene rings is 3. The first kappa shape index (κ1) is 19.6. The topological polar surface area (TPSA) is 49.4 Å². The van der Waals surface area contributed by atoms with Crippen LogP contribution in [0.1, 0.15) is 27.8 Å². The molecule has 4 nitrogen and oxygen atoms in total. The average Bonchev–Trinajstić information content (AvgIpc) is 2.93. The number of nitrogens with one attached hydrogen (secondary N) is 1. The number of amides is 2. The van der Waals surface area contributed by atoms with Crippen LogP contribution in [0.15, 0.2) is 72.4 Å². The smallest absolute Gasteiger partial charge is 0.282 e. The molecule has 0 bridgehead atoms. The molecule has 1 N–H and O–H groups in total. The van der Waals surface area contributed by atoms with Crippen LogP contribution in [-0.4, -0.2) is 11.8 Å². The van der Waals surface area contributed by atoms with Gasteiger partial charge < -0.3 is 5.32 Å². The molecule has 4 rings (SSSR count). The maximum atomic E-state index is 13.5. The molecule has 2 amide bonds. The highest BCUT2D eigenvalue weighted by Gasteiger charge is 2.40. The van der Waals surface area contributed by atoms with E-state index in [1.54, 1.807) is 0 Å². The van der Waals surface area contributed by atoms with Gasteiger partial charge in [0.1, 0.15) is 5.70 Å². The summed E-state index contributed by atoms with van der Waals surface area (Å²) < 4.78 is 0. The second-order valence-corrected chi connectivity index (χ2v) is 7.85. The van der Waals surface area contributed by atoms with Crippen molar-refractivity contribution in [1.29, 1.82) is 0 Å². The van der Waals surface area contributed by atoms with Crippen molar-refractivity contribution < 1.29 is 9.59 Å². The average molecular weight is 396 g/mol. The Morgan fingerprint density at radius 3 is 2.00 bits per heavy atom. The van der Waals surface area contributed by atoms with E-state index in [-0.39, 0.29) is 11.8 Å². The second-order valence-electron chi connectivity index (χ2n) is 7.85. The van der Waals surface area contributed by atoms with E-state index in [1.165, 1.54) is 4.90 Å². The lowest BCUT2D eigenvalue weighted by atomic mass is 10.0. The summed E-state index contributed by atoms with van der Waals surface area (Å²) >= 11 is 0. The maximum Gasteiger partial charge on any atom is 0.282 e. The van der Waals surface area contributed by atoms with Gasteiger partial charge in [0.2, 0.25) is 0 Å². The third-order valence-corrected chi connectivity index (χ3v) is 5.25. The summed E-state index contributed by atoms with van der Waals surface area (Å²) in [6.07, 6.45) is 0. The van der Waals surface area contributed by atoms with Gasteiger partial charge in [-0.15, -0.1) is 0 Å². The zero-order valence-corrected chi connectivity index (χ0v) is 17.6. The minimum absolute atomic E-state index is 0.303. The number of hydrogen-bond donors (Lipinski definition) is 1. The normalized spacial score (nSPS) is 13.9. The highest BCUT2D eigenvalue weighted by molar-refractivity contribution is 6.46. The van der Waals surface area contributed by atoms with Crippen molar-refractivity contribution in [3.05, 3.63) is 100 Å². The van der Waals surface area contributed by atoms with Gasteiger partial charge in [-0.3, -0.25) is 9.59 Å². The van der Waals surface area contributed by atoms with Gasteiger partial charge in [-0.2, -0.15) is 0 Å². The van der Waals surface area contributed by atoms with Crippen molar-refractivity contribution >= 4 is 28.8 Å². The lowest BCUT2D eigenvalue weighted by molar-refractivity contribution is -0.120. The Kier molecular flexibility index (Phi) is 5.00. The molecular weight excluding hydrogens is 372 g/mol. The van der Waals surface area contributed by atoms with Gasteiger partial charge >= 0.3 is 0 Å². The molecule has 0 aromatic heterocycles. The molecule has 150 valence electrons. The zero-order chi connectivity index (χ0) is 21.4. The number of imide groups is 1. The van der Waals surface area contributed by atoms with Crippen LogP contribution < -0.4 is 10.2 Å². The van der Waals surface area contributed by atoms with E-state index < -0.39 is 0 Å². The minimum Gasteiger partial charge on any atom is -0.350 e. The zero-order valence-electron chi connectivity index (χ0n) is 17.6. The molecule has 3 aromatic rings. The highest BCUT2D eigenvalue weighted by atomic mass is 16.2. The van der Waals surface area contributed by atoms with E-state index in [2.05, 4.69) is 5.32 Å². The van der Waals surface area contributed by atoms with Crippen molar-refractivity contribution in [3.8, 4) is 0 Å². The van der Waals surface area contributed by atoms with Crippen LogP contribution in [0.2, 0.25) is 0 Å². The first-order chi connectivity index (χ1) is 14.3. The van der Waals surface area contributed by atoms with Crippen LogP contribution in [-0.2, 0) is 9.59 Å². The lowest BCUT2D eigenvalue weighted by Crippen LogP contribution is -2.32. The predicted molar refractivity (Wildman–Crippen MR) is 121 cm³/mol. The number of hydrogen-bond acceptors (Lipinski definition) is 3. The molecule has 4 heteroatoms. The maximum absolute atomic E-state index is 13.5. The molecule has 0 unspecified atom stereocenters. The van der Waals surface area contributed by atoms with Gasteiger partial charge in [0.05, 0.1) is 11.3 Å². The van der Waals surface area contributed by atoms with Crippen molar-refractivity contribution in [2.75, 3.05) is 10.2 Å². The van der Waals surface area contributed by atoms with Crippen LogP contribution in [0, 0.1) is 27.7 Å². The quantitative estimate of drug-likeness (QED) is 0.608. The fourth-order valence-corrected chi connectivity index (χ4v) is 3.92. The predicted octanol–water partition coefficient (Wildman–Crippen LogP) is 5.32. The number of carbonyl (C=O) groups is 2. The first-order valence-corrected chi connectivity index (χ1v) is 9.96. The van der Waals surface area contributed by atoms with Crippen LogP contribution in [0.5, 0.6) is 0 Å².